The molecule has 5 rings (SSSR count). The summed E-state index contributed by atoms with van der Waals surface area (Å²) < 4.78 is 36.0. The lowest BCUT2D eigenvalue weighted by Gasteiger charge is -2.15. The van der Waals surface area contributed by atoms with E-state index in [4.69, 9.17) is 4.74 Å². The van der Waals surface area contributed by atoms with Crippen LogP contribution in [-0.2, 0) is 0 Å². The fourth-order valence-electron chi connectivity index (χ4n) is 3.54. The minimum atomic E-state index is -0.653. The number of fused-ring (bicyclic) bond motifs is 2. The van der Waals surface area contributed by atoms with Crippen molar-refractivity contribution in [1.82, 2.24) is 24.8 Å². The Morgan fingerprint density at radius 1 is 1.16 bits per heavy atom. The number of benzene rings is 1. The SMILES string of the molecule is COc1ccn2ncc(-c3nc4[nH]nc(N(C)C(=O)c5ccccc5F)c4cc3F)c2c1. The van der Waals surface area contributed by atoms with E-state index in [1.165, 1.54) is 44.6 Å². The Morgan fingerprint density at radius 3 is 2.75 bits per heavy atom. The highest BCUT2D eigenvalue weighted by atomic mass is 19.1. The smallest absolute Gasteiger partial charge is 0.262 e. The van der Waals surface area contributed by atoms with Crippen LogP contribution in [0.25, 0.3) is 27.8 Å². The van der Waals surface area contributed by atoms with Crippen LogP contribution in [0.5, 0.6) is 5.75 Å². The molecule has 0 aliphatic carbocycles. The van der Waals surface area contributed by atoms with E-state index in [-0.39, 0.29) is 28.1 Å². The third kappa shape index (κ3) is 3.04. The first-order valence-corrected chi connectivity index (χ1v) is 9.57. The second-order valence-electron chi connectivity index (χ2n) is 7.06. The van der Waals surface area contributed by atoms with Crippen molar-refractivity contribution in [3.05, 3.63) is 72.1 Å². The van der Waals surface area contributed by atoms with E-state index < -0.39 is 17.5 Å². The van der Waals surface area contributed by atoms with Gasteiger partial charge >= 0.3 is 0 Å². The van der Waals surface area contributed by atoms with Gasteiger partial charge in [-0.3, -0.25) is 14.8 Å². The molecule has 0 aliphatic rings. The maximum Gasteiger partial charge on any atom is 0.262 e. The molecule has 10 heteroatoms. The van der Waals surface area contributed by atoms with Crippen LogP contribution in [0.3, 0.4) is 0 Å². The summed E-state index contributed by atoms with van der Waals surface area (Å²) >= 11 is 0. The van der Waals surface area contributed by atoms with Gasteiger partial charge in [-0.2, -0.15) is 10.2 Å². The first kappa shape index (κ1) is 19.6. The van der Waals surface area contributed by atoms with E-state index in [0.29, 0.717) is 16.8 Å². The maximum absolute atomic E-state index is 15.2. The summed E-state index contributed by atoms with van der Waals surface area (Å²) in [6.45, 7) is 0. The number of amides is 1. The highest BCUT2D eigenvalue weighted by molar-refractivity contribution is 6.09. The highest BCUT2D eigenvalue weighted by Crippen LogP contribution is 2.32. The number of H-pyrrole nitrogens is 1. The number of nitrogens with one attached hydrogen (secondary N) is 1. The van der Waals surface area contributed by atoms with Crippen LogP contribution in [0.1, 0.15) is 10.4 Å². The van der Waals surface area contributed by atoms with Crippen LogP contribution < -0.4 is 9.64 Å². The molecule has 0 spiro atoms. The number of aromatic nitrogens is 5. The average Bonchev–Trinajstić information content (AvgIpc) is 3.41. The van der Waals surface area contributed by atoms with Crippen LogP contribution in [0.15, 0.2) is 54.9 Å². The van der Waals surface area contributed by atoms with Gasteiger partial charge in [0.25, 0.3) is 5.91 Å². The summed E-state index contributed by atoms with van der Waals surface area (Å²) in [5, 5.41) is 11.4. The van der Waals surface area contributed by atoms with Crippen molar-refractivity contribution in [2.75, 3.05) is 19.1 Å². The largest absolute Gasteiger partial charge is 0.497 e. The minimum absolute atomic E-state index is 0.0686. The average molecular weight is 434 g/mol. The summed E-state index contributed by atoms with van der Waals surface area (Å²) in [5.41, 5.74) is 1.30. The van der Waals surface area contributed by atoms with E-state index in [1.807, 2.05) is 0 Å². The number of carbonyl (C=O) groups is 1. The molecule has 0 saturated carbocycles. The normalized spacial score (nSPS) is 11.2. The molecule has 5 aromatic rings. The van der Waals surface area contributed by atoms with E-state index in [0.717, 1.165) is 4.90 Å². The van der Waals surface area contributed by atoms with Gasteiger partial charge in [-0.05, 0) is 24.3 Å². The quantitative estimate of drug-likeness (QED) is 0.464. The minimum Gasteiger partial charge on any atom is -0.497 e. The number of carbonyl (C=O) groups excluding carboxylic acids is 1. The molecule has 32 heavy (non-hydrogen) atoms. The molecular weight excluding hydrogens is 418 g/mol. The maximum atomic E-state index is 15.2. The molecule has 0 atom stereocenters. The number of halogens is 2. The Hall–Kier alpha value is -4.34. The predicted molar refractivity (Wildman–Crippen MR) is 114 cm³/mol. The second-order valence-corrected chi connectivity index (χ2v) is 7.06. The zero-order valence-electron chi connectivity index (χ0n) is 17.0. The Bertz CT molecular complexity index is 1490. The van der Waals surface area contributed by atoms with E-state index in [9.17, 15) is 9.18 Å². The van der Waals surface area contributed by atoms with E-state index in [1.54, 1.807) is 28.9 Å². The summed E-state index contributed by atoms with van der Waals surface area (Å²) in [6.07, 6.45) is 3.21. The molecule has 1 amide bonds. The van der Waals surface area contributed by atoms with Gasteiger partial charge in [0.15, 0.2) is 17.3 Å². The van der Waals surface area contributed by atoms with Gasteiger partial charge in [0, 0.05) is 24.9 Å². The van der Waals surface area contributed by atoms with Gasteiger partial charge in [-0.1, -0.05) is 12.1 Å². The topological polar surface area (TPSA) is 88.4 Å². The highest BCUT2D eigenvalue weighted by Gasteiger charge is 2.23. The van der Waals surface area contributed by atoms with Gasteiger partial charge < -0.3 is 4.74 Å². The number of methoxy groups -OCH3 is 1. The molecule has 0 aliphatic heterocycles. The van der Waals surface area contributed by atoms with Crippen molar-refractivity contribution >= 4 is 28.3 Å². The van der Waals surface area contributed by atoms with Crippen LogP contribution in [0.4, 0.5) is 14.6 Å². The van der Waals surface area contributed by atoms with Gasteiger partial charge in [0.1, 0.15) is 17.3 Å². The van der Waals surface area contributed by atoms with Crippen LogP contribution in [-0.4, -0.2) is 44.9 Å². The summed E-state index contributed by atoms with van der Waals surface area (Å²) in [4.78, 5) is 18.3. The molecule has 0 fully saturated rings. The summed E-state index contributed by atoms with van der Waals surface area (Å²) in [5.74, 6) is -1.16. The monoisotopic (exact) mass is 434 g/mol. The van der Waals surface area contributed by atoms with Gasteiger partial charge in [-0.15, -0.1) is 0 Å². The number of hydrogen-bond donors (Lipinski definition) is 1. The Morgan fingerprint density at radius 2 is 1.97 bits per heavy atom. The van der Waals surface area contributed by atoms with Crippen molar-refractivity contribution in [3.63, 3.8) is 0 Å². The molecule has 8 nitrogen and oxygen atoms in total. The molecule has 4 aromatic heterocycles. The Balaban J connectivity index is 1.59. The van der Waals surface area contributed by atoms with Crippen LogP contribution in [0, 0.1) is 11.6 Å². The van der Waals surface area contributed by atoms with Crippen molar-refractivity contribution < 1.29 is 18.3 Å². The Kier molecular flexibility index (Phi) is 4.54. The molecule has 0 radical (unpaired) electrons. The lowest BCUT2D eigenvalue weighted by Crippen LogP contribution is -2.27. The molecule has 4 heterocycles. The van der Waals surface area contributed by atoms with Crippen molar-refractivity contribution in [2.24, 2.45) is 0 Å². The second kappa shape index (κ2) is 7.41. The fraction of sp³-hybridized carbons (Fsp3) is 0.0909. The first-order valence-electron chi connectivity index (χ1n) is 9.57. The molecule has 0 unspecified atom stereocenters. The van der Waals surface area contributed by atoms with Crippen LogP contribution in [0.2, 0.25) is 0 Å². The van der Waals surface area contributed by atoms with Gasteiger partial charge in [0.05, 0.1) is 29.8 Å². The molecular formula is C22H16F2N6O2. The number of anilines is 1. The third-order valence-corrected chi connectivity index (χ3v) is 5.20. The molecule has 0 bridgehead atoms. The summed E-state index contributed by atoms with van der Waals surface area (Å²) in [7, 11) is 2.98. The standard InChI is InChI=1S/C22H16F2N6O2/c1-29(22(31)13-5-3-4-6-16(13)23)21-14-10-17(24)19(26-20(14)27-28-21)15-11-25-30-8-7-12(32-2)9-18(15)30/h3-11H,1-2H3,(H,26,27,28). The zero-order chi connectivity index (χ0) is 22.4. The lowest BCUT2D eigenvalue weighted by molar-refractivity contribution is 0.0988. The Labute approximate surface area is 180 Å². The van der Waals surface area contributed by atoms with Crippen molar-refractivity contribution in [3.8, 4) is 17.0 Å². The first-order chi connectivity index (χ1) is 15.5. The zero-order valence-corrected chi connectivity index (χ0v) is 17.0. The molecule has 1 aromatic carbocycles. The lowest BCUT2D eigenvalue weighted by atomic mass is 10.1. The number of aromatic amines is 1. The number of hydrogen-bond acceptors (Lipinski definition) is 5. The van der Waals surface area contributed by atoms with E-state index in [2.05, 4.69) is 20.3 Å². The molecule has 160 valence electrons. The van der Waals surface area contributed by atoms with Crippen molar-refractivity contribution in [2.45, 2.75) is 0 Å². The number of pyridine rings is 2. The summed E-state index contributed by atoms with van der Waals surface area (Å²) in [6, 6.07) is 10.3. The van der Waals surface area contributed by atoms with Gasteiger partial charge in [-0.25, -0.2) is 18.3 Å². The van der Waals surface area contributed by atoms with Crippen LogP contribution >= 0.6 is 0 Å². The molecule has 1 N–H and O–H groups in total. The number of ether oxygens (including phenoxy) is 1. The predicted octanol–water partition coefficient (Wildman–Crippen LogP) is 3.84. The third-order valence-electron chi connectivity index (χ3n) is 5.20. The van der Waals surface area contributed by atoms with Gasteiger partial charge in [0.2, 0.25) is 0 Å². The number of nitrogens with zero attached hydrogens (tertiary/aromatic N) is 5. The molecule has 0 saturated heterocycles. The van der Waals surface area contributed by atoms with Crippen molar-refractivity contribution in [1.29, 1.82) is 0 Å². The number of rotatable bonds is 4. The fourth-order valence-corrected chi connectivity index (χ4v) is 3.54. The van der Waals surface area contributed by atoms with E-state index >= 15 is 4.39 Å².